The third kappa shape index (κ3) is 4.48. The number of pyridine rings is 1. The summed E-state index contributed by atoms with van der Waals surface area (Å²) in [7, 11) is -3.95. The van der Waals surface area contributed by atoms with E-state index in [1.165, 1.54) is 35.2 Å². The fraction of sp³-hybridized carbons (Fsp3) is 0.0909. The highest BCUT2D eigenvalue weighted by molar-refractivity contribution is 7.89. The number of nitrogens with one attached hydrogen (secondary N) is 1. The fourth-order valence-electron chi connectivity index (χ4n) is 3.54. The van der Waals surface area contributed by atoms with E-state index in [1.807, 2.05) is 0 Å². The number of hydrogen-bond donors (Lipinski definition) is 1. The van der Waals surface area contributed by atoms with Crippen LogP contribution in [0.15, 0.2) is 60.9 Å². The lowest BCUT2D eigenvalue weighted by atomic mass is 9.99. The summed E-state index contributed by atoms with van der Waals surface area (Å²) in [5.74, 6) is -2.31. The van der Waals surface area contributed by atoms with Crippen molar-refractivity contribution in [2.45, 2.75) is 6.18 Å². The molecule has 0 saturated carbocycles. The van der Waals surface area contributed by atoms with Crippen molar-refractivity contribution >= 4 is 38.6 Å². The van der Waals surface area contributed by atoms with Gasteiger partial charge < -0.3 is 0 Å². The van der Waals surface area contributed by atoms with Crippen molar-refractivity contribution in [3.8, 4) is 16.8 Å². The lowest BCUT2D eigenvalue weighted by Crippen LogP contribution is -2.30. The highest BCUT2D eigenvalue weighted by Gasteiger charge is 2.34. The van der Waals surface area contributed by atoms with E-state index in [2.05, 4.69) is 4.98 Å². The highest BCUT2D eigenvalue weighted by Crippen LogP contribution is 2.41. The van der Waals surface area contributed by atoms with Crippen LogP contribution in [0.25, 0.3) is 27.8 Å². The molecule has 0 bridgehead atoms. The number of benzene rings is 2. The van der Waals surface area contributed by atoms with Crippen LogP contribution in [0.1, 0.15) is 15.9 Å². The van der Waals surface area contributed by atoms with Crippen molar-refractivity contribution in [1.29, 1.82) is 0 Å². The van der Waals surface area contributed by atoms with Crippen LogP contribution in [0.5, 0.6) is 0 Å². The predicted molar refractivity (Wildman–Crippen MR) is 119 cm³/mol. The minimum absolute atomic E-state index is 0.00508. The number of carbonyl (C=O) groups is 1. The van der Waals surface area contributed by atoms with Crippen molar-refractivity contribution in [3.05, 3.63) is 82.9 Å². The average Bonchev–Trinajstić information content (AvgIpc) is 3.12. The number of alkyl halides is 3. The molecule has 0 fully saturated rings. The van der Waals surface area contributed by atoms with Crippen LogP contribution < -0.4 is 4.72 Å². The van der Waals surface area contributed by atoms with Gasteiger partial charge in [0.15, 0.2) is 0 Å². The van der Waals surface area contributed by atoms with E-state index >= 15 is 0 Å². The van der Waals surface area contributed by atoms with E-state index in [4.69, 9.17) is 11.6 Å². The maximum atomic E-state index is 14.8. The Kier molecular flexibility index (Phi) is 5.86. The largest absolute Gasteiger partial charge is 0.417 e. The zero-order chi connectivity index (χ0) is 24.8. The number of nitrogens with zero attached hydrogens (tertiary/aromatic N) is 2. The number of aromatic nitrogens is 2. The molecule has 0 spiro atoms. The molecule has 6 nitrogen and oxygen atoms in total. The summed E-state index contributed by atoms with van der Waals surface area (Å²) in [6.45, 7) is 0. The smallest absolute Gasteiger partial charge is 0.299 e. The molecular formula is C22H14ClF4N3O3S. The molecule has 0 aliphatic carbocycles. The van der Waals surface area contributed by atoms with Crippen LogP contribution in [-0.4, -0.2) is 30.1 Å². The molecule has 2 aromatic carbocycles. The number of sulfonamides is 1. The summed E-state index contributed by atoms with van der Waals surface area (Å²) in [6, 6.07) is 9.94. The summed E-state index contributed by atoms with van der Waals surface area (Å²) in [5, 5.41) is 0.202. The Hall–Kier alpha value is -3.44. The summed E-state index contributed by atoms with van der Waals surface area (Å²) < 4.78 is 81.3. The summed E-state index contributed by atoms with van der Waals surface area (Å²) in [4.78, 5) is 16.3. The van der Waals surface area contributed by atoms with Gasteiger partial charge in [-0.15, -0.1) is 0 Å². The molecular weight excluding hydrogens is 498 g/mol. The first-order valence-corrected chi connectivity index (χ1v) is 11.8. The third-order valence-corrected chi connectivity index (χ3v) is 5.76. The maximum Gasteiger partial charge on any atom is 0.417 e. The quantitative estimate of drug-likeness (QED) is 0.382. The molecule has 1 N–H and O–H groups in total. The molecule has 34 heavy (non-hydrogen) atoms. The Morgan fingerprint density at radius 3 is 2.47 bits per heavy atom. The molecule has 0 aliphatic heterocycles. The number of halogens is 5. The SMILES string of the molecule is CS(=O)(=O)NC(=O)c1cc(Cl)c(-n2cc(-c3ccccc3C(F)(F)F)c3cccnc32)cc1F. The molecule has 4 aromatic rings. The van der Waals surface area contributed by atoms with E-state index in [0.29, 0.717) is 5.39 Å². The Bertz CT molecular complexity index is 1550. The normalized spacial score (nSPS) is 12.2. The van der Waals surface area contributed by atoms with Gasteiger partial charge in [0.05, 0.1) is 28.1 Å². The number of fused-ring (bicyclic) bond motifs is 1. The maximum absolute atomic E-state index is 14.8. The van der Waals surface area contributed by atoms with Gasteiger partial charge in [-0.05, 0) is 29.8 Å². The van der Waals surface area contributed by atoms with Gasteiger partial charge in [-0.25, -0.2) is 22.5 Å². The molecule has 0 saturated heterocycles. The first kappa shape index (κ1) is 23.7. The standard InChI is InChI=1S/C22H14ClF4N3O3S/c1-34(32,33)29-21(31)14-9-17(23)19(10-18(14)24)30-11-15(13-6-4-8-28-20(13)30)12-5-2-3-7-16(12)22(25,26)27/h2-11H,1H3,(H,29,31). The Morgan fingerprint density at radius 1 is 1.09 bits per heavy atom. The molecule has 2 heterocycles. The van der Waals surface area contributed by atoms with Crippen molar-refractivity contribution in [2.75, 3.05) is 6.26 Å². The molecule has 12 heteroatoms. The minimum Gasteiger partial charge on any atom is -0.299 e. The number of amides is 1. The van der Waals surface area contributed by atoms with E-state index in [-0.39, 0.29) is 27.5 Å². The van der Waals surface area contributed by atoms with Gasteiger partial charge in [0, 0.05) is 29.4 Å². The first-order chi connectivity index (χ1) is 15.9. The van der Waals surface area contributed by atoms with Crippen molar-refractivity contribution < 1.29 is 30.8 Å². The highest BCUT2D eigenvalue weighted by atomic mass is 35.5. The number of hydrogen-bond acceptors (Lipinski definition) is 4. The van der Waals surface area contributed by atoms with E-state index in [9.17, 15) is 30.8 Å². The first-order valence-electron chi connectivity index (χ1n) is 9.51. The molecule has 0 radical (unpaired) electrons. The van der Waals surface area contributed by atoms with Crippen molar-refractivity contribution in [1.82, 2.24) is 14.3 Å². The Balaban J connectivity index is 1.92. The molecule has 1 amide bonds. The number of rotatable bonds is 4. The molecule has 0 atom stereocenters. The van der Waals surface area contributed by atoms with Gasteiger partial charge in [-0.1, -0.05) is 29.8 Å². The van der Waals surface area contributed by atoms with Crippen LogP contribution in [0.3, 0.4) is 0 Å². The van der Waals surface area contributed by atoms with E-state index in [1.54, 1.807) is 16.9 Å². The van der Waals surface area contributed by atoms with Gasteiger partial charge in [0.25, 0.3) is 5.91 Å². The zero-order valence-electron chi connectivity index (χ0n) is 17.2. The lowest BCUT2D eigenvalue weighted by molar-refractivity contribution is -0.137. The van der Waals surface area contributed by atoms with Crippen molar-refractivity contribution in [3.63, 3.8) is 0 Å². The van der Waals surface area contributed by atoms with E-state index in [0.717, 1.165) is 24.5 Å². The Labute approximate surface area is 195 Å². The topological polar surface area (TPSA) is 81.1 Å². The summed E-state index contributed by atoms with van der Waals surface area (Å²) in [6.07, 6.45) is -1.13. The zero-order valence-corrected chi connectivity index (χ0v) is 18.8. The summed E-state index contributed by atoms with van der Waals surface area (Å²) in [5.41, 5.74) is -1.20. The van der Waals surface area contributed by atoms with Crippen LogP contribution in [0.2, 0.25) is 5.02 Å². The molecule has 4 rings (SSSR count). The average molecular weight is 512 g/mol. The second-order valence-electron chi connectivity index (χ2n) is 7.32. The monoisotopic (exact) mass is 511 g/mol. The molecule has 2 aromatic heterocycles. The lowest BCUT2D eigenvalue weighted by Gasteiger charge is -2.12. The molecule has 0 unspecified atom stereocenters. The van der Waals surface area contributed by atoms with Crippen LogP contribution in [0.4, 0.5) is 17.6 Å². The summed E-state index contributed by atoms with van der Waals surface area (Å²) >= 11 is 6.29. The second-order valence-corrected chi connectivity index (χ2v) is 9.47. The molecule has 0 aliphatic rings. The Morgan fingerprint density at radius 2 is 1.79 bits per heavy atom. The minimum atomic E-state index is -4.62. The molecule has 176 valence electrons. The van der Waals surface area contributed by atoms with Crippen LogP contribution in [-0.2, 0) is 16.2 Å². The van der Waals surface area contributed by atoms with Gasteiger partial charge in [0.2, 0.25) is 10.0 Å². The van der Waals surface area contributed by atoms with Crippen LogP contribution in [0, 0.1) is 5.82 Å². The van der Waals surface area contributed by atoms with Gasteiger partial charge >= 0.3 is 6.18 Å². The van der Waals surface area contributed by atoms with Gasteiger partial charge in [-0.3, -0.25) is 9.36 Å². The van der Waals surface area contributed by atoms with Crippen molar-refractivity contribution in [2.24, 2.45) is 0 Å². The van der Waals surface area contributed by atoms with Gasteiger partial charge in [-0.2, -0.15) is 13.2 Å². The predicted octanol–water partition coefficient (Wildman–Crippen LogP) is 5.19. The third-order valence-electron chi connectivity index (χ3n) is 4.90. The fourth-order valence-corrected chi connectivity index (χ4v) is 4.24. The van der Waals surface area contributed by atoms with E-state index < -0.39 is 39.1 Å². The second kappa shape index (κ2) is 8.41. The van der Waals surface area contributed by atoms with Gasteiger partial charge in [0.1, 0.15) is 11.5 Å². The van der Waals surface area contributed by atoms with Crippen LogP contribution >= 0.6 is 11.6 Å². The number of carbonyl (C=O) groups excluding carboxylic acids is 1.